The molecule has 0 bridgehead atoms. The van der Waals surface area contributed by atoms with E-state index in [0.717, 1.165) is 5.56 Å². The Hall–Kier alpha value is -4.72. The molecule has 0 unspecified atom stereocenters. The molecule has 3 aromatic rings. The quantitative estimate of drug-likeness (QED) is 0.260. The van der Waals surface area contributed by atoms with Crippen LogP contribution < -0.4 is 26.8 Å². The minimum absolute atomic E-state index is 0.0147. The summed E-state index contributed by atoms with van der Waals surface area (Å²) in [6.07, 6.45) is 3.80. The van der Waals surface area contributed by atoms with E-state index in [4.69, 9.17) is 0 Å². The molecule has 0 radical (unpaired) electrons. The lowest BCUT2D eigenvalue weighted by molar-refractivity contribution is -0.138. The Morgan fingerprint density at radius 3 is 2.35 bits per heavy atom. The van der Waals surface area contributed by atoms with Gasteiger partial charge in [0.2, 0.25) is 29.5 Å². The minimum Gasteiger partial charge on any atom is -0.349 e. The highest BCUT2D eigenvalue weighted by Crippen LogP contribution is 2.11. The summed E-state index contributed by atoms with van der Waals surface area (Å²) < 4.78 is 1.36. The first kappa shape index (κ1) is 37.1. The van der Waals surface area contributed by atoms with E-state index < -0.39 is 60.2 Å². The van der Waals surface area contributed by atoms with Gasteiger partial charge in [-0.05, 0) is 55.4 Å². The average Bonchev–Trinajstić information content (AvgIpc) is 3.08. The number of carbonyl (C=O) groups excluding carboxylic acids is 5. The smallest absolute Gasteiger partial charge is 0.261 e. The minimum atomic E-state index is -0.987. The van der Waals surface area contributed by atoms with E-state index in [2.05, 4.69) is 26.3 Å². The van der Waals surface area contributed by atoms with Crippen LogP contribution in [-0.2, 0) is 36.9 Å². The number of benzene rings is 2. The van der Waals surface area contributed by atoms with Crippen LogP contribution in [0.1, 0.15) is 39.2 Å². The van der Waals surface area contributed by atoms with Gasteiger partial charge in [-0.1, -0.05) is 56.3 Å². The summed E-state index contributed by atoms with van der Waals surface area (Å²) in [6.45, 7) is 4.67. The Kier molecular flexibility index (Phi) is 13.3. The second kappa shape index (κ2) is 17.6. The lowest BCUT2D eigenvalue weighted by Crippen LogP contribution is -2.57. The number of nitrogens with one attached hydrogen (secondary N) is 4. The fourth-order valence-electron chi connectivity index (χ4n) is 5.62. The molecule has 14 heteroatoms. The molecular weight excluding hydrogens is 646 g/mol. The number of rotatable bonds is 9. The molecule has 13 nitrogen and oxygen atoms in total. The SMILES string of the molecule is CSCC[C@@H]1NC(=O)[C@H](C(C)C)NC(=O)CN(C(=O)CCn2cnc3ccccc3c2=O)C[C@@H](Cc2ccccc2)NC(=O)[C@H](C)NC1=O. The first-order chi connectivity index (χ1) is 23.5. The number of hydrogen-bond donors (Lipinski definition) is 4. The second-order valence-electron chi connectivity index (χ2n) is 12.5. The predicted octanol–water partition coefficient (Wildman–Crippen LogP) is 1.24. The summed E-state index contributed by atoms with van der Waals surface area (Å²) in [5.74, 6) is -2.31. The van der Waals surface area contributed by atoms with Crippen molar-refractivity contribution >= 4 is 52.2 Å². The molecule has 1 aromatic heterocycles. The molecule has 1 aliphatic rings. The molecule has 0 spiro atoms. The van der Waals surface area contributed by atoms with Crippen molar-refractivity contribution in [3.8, 4) is 0 Å². The average molecular weight is 692 g/mol. The summed E-state index contributed by atoms with van der Waals surface area (Å²) in [4.78, 5) is 86.4. The molecule has 1 fully saturated rings. The molecule has 2 heterocycles. The van der Waals surface area contributed by atoms with Crippen LogP contribution in [0.3, 0.4) is 0 Å². The summed E-state index contributed by atoms with van der Waals surface area (Å²) >= 11 is 1.51. The predicted molar refractivity (Wildman–Crippen MR) is 189 cm³/mol. The van der Waals surface area contributed by atoms with E-state index in [0.29, 0.717) is 29.5 Å². The third kappa shape index (κ3) is 10.4. The van der Waals surface area contributed by atoms with E-state index in [1.807, 2.05) is 36.6 Å². The molecule has 4 rings (SSSR count). The van der Waals surface area contributed by atoms with Gasteiger partial charge >= 0.3 is 0 Å². The molecule has 262 valence electrons. The van der Waals surface area contributed by atoms with Crippen molar-refractivity contribution in [2.24, 2.45) is 5.92 Å². The van der Waals surface area contributed by atoms with Crippen LogP contribution in [-0.4, -0.2) is 93.3 Å². The van der Waals surface area contributed by atoms with Crippen molar-refractivity contribution in [1.29, 1.82) is 0 Å². The van der Waals surface area contributed by atoms with Gasteiger partial charge in [0.05, 0.1) is 29.8 Å². The van der Waals surface area contributed by atoms with Gasteiger partial charge in [0.25, 0.3) is 5.56 Å². The van der Waals surface area contributed by atoms with Crippen molar-refractivity contribution < 1.29 is 24.0 Å². The lowest BCUT2D eigenvalue weighted by atomic mass is 10.0. The molecule has 4 atom stereocenters. The van der Waals surface area contributed by atoms with Crippen molar-refractivity contribution in [2.75, 3.05) is 25.1 Å². The summed E-state index contributed by atoms with van der Waals surface area (Å²) in [7, 11) is 0. The highest BCUT2D eigenvalue weighted by Gasteiger charge is 2.32. The second-order valence-corrected chi connectivity index (χ2v) is 13.5. The van der Waals surface area contributed by atoms with Gasteiger partial charge in [0, 0.05) is 19.5 Å². The summed E-state index contributed by atoms with van der Waals surface area (Å²) in [5, 5.41) is 11.6. The number of hydrogen-bond acceptors (Lipinski definition) is 8. The fraction of sp³-hybridized carbons (Fsp3) is 0.457. The van der Waals surface area contributed by atoms with E-state index >= 15 is 0 Å². The van der Waals surface area contributed by atoms with Crippen LogP contribution in [0, 0.1) is 5.92 Å². The number of aryl methyl sites for hydroxylation is 1. The van der Waals surface area contributed by atoms with E-state index in [-0.39, 0.29) is 31.0 Å². The third-order valence-corrected chi connectivity index (χ3v) is 9.00. The molecule has 5 amide bonds. The van der Waals surface area contributed by atoms with Gasteiger partial charge < -0.3 is 26.2 Å². The van der Waals surface area contributed by atoms with E-state index in [9.17, 15) is 28.8 Å². The molecule has 4 N–H and O–H groups in total. The Morgan fingerprint density at radius 2 is 1.63 bits per heavy atom. The van der Waals surface area contributed by atoms with Crippen molar-refractivity contribution in [1.82, 2.24) is 35.7 Å². The zero-order chi connectivity index (χ0) is 35.5. The summed E-state index contributed by atoms with van der Waals surface area (Å²) in [6, 6.07) is 12.8. The van der Waals surface area contributed by atoms with E-state index in [1.165, 1.54) is 27.6 Å². The topological polar surface area (TPSA) is 172 Å². The number of amides is 5. The van der Waals surface area contributed by atoms with Gasteiger partial charge in [0.15, 0.2) is 0 Å². The monoisotopic (exact) mass is 691 g/mol. The normalized spacial score (nSPS) is 21.3. The van der Waals surface area contributed by atoms with Crippen molar-refractivity contribution in [3.63, 3.8) is 0 Å². The number of aromatic nitrogens is 2. The molecule has 0 aliphatic carbocycles. The van der Waals surface area contributed by atoms with Gasteiger partial charge in [-0.25, -0.2) is 4.98 Å². The van der Waals surface area contributed by atoms with E-state index in [1.54, 1.807) is 45.0 Å². The maximum atomic E-state index is 13.9. The van der Waals surface area contributed by atoms with Crippen LogP contribution >= 0.6 is 11.8 Å². The van der Waals surface area contributed by atoms with Crippen molar-refractivity contribution in [3.05, 3.63) is 76.8 Å². The Bertz CT molecular complexity index is 1700. The van der Waals surface area contributed by atoms with Gasteiger partial charge in [-0.3, -0.25) is 33.3 Å². The first-order valence-corrected chi connectivity index (χ1v) is 17.8. The Labute approximate surface area is 290 Å². The molecule has 49 heavy (non-hydrogen) atoms. The number of thioether (sulfide) groups is 1. The zero-order valence-corrected chi connectivity index (χ0v) is 29.1. The highest BCUT2D eigenvalue weighted by molar-refractivity contribution is 7.98. The molecule has 1 aliphatic heterocycles. The number of nitrogens with zero attached hydrogens (tertiary/aromatic N) is 3. The van der Waals surface area contributed by atoms with Crippen LogP contribution in [0.2, 0.25) is 0 Å². The molecule has 2 aromatic carbocycles. The number of para-hydroxylation sites is 1. The molecule has 0 saturated carbocycles. The maximum absolute atomic E-state index is 13.9. The van der Waals surface area contributed by atoms with Crippen LogP contribution in [0.25, 0.3) is 10.9 Å². The summed E-state index contributed by atoms with van der Waals surface area (Å²) in [5.41, 5.74) is 1.14. The van der Waals surface area contributed by atoms with Crippen molar-refractivity contribution in [2.45, 2.75) is 70.7 Å². The lowest BCUT2D eigenvalue weighted by Gasteiger charge is -2.30. The highest BCUT2D eigenvalue weighted by atomic mass is 32.2. The van der Waals surface area contributed by atoms with Crippen LogP contribution in [0.5, 0.6) is 0 Å². The van der Waals surface area contributed by atoms with Gasteiger partial charge in [0.1, 0.15) is 18.1 Å². The molecule has 1 saturated heterocycles. The van der Waals surface area contributed by atoms with Crippen LogP contribution in [0.4, 0.5) is 0 Å². The third-order valence-electron chi connectivity index (χ3n) is 8.36. The largest absolute Gasteiger partial charge is 0.349 e. The number of fused-ring (bicyclic) bond motifs is 1. The zero-order valence-electron chi connectivity index (χ0n) is 28.3. The maximum Gasteiger partial charge on any atom is 0.261 e. The van der Waals surface area contributed by atoms with Gasteiger partial charge in [-0.15, -0.1) is 0 Å². The fourth-order valence-corrected chi connectivity index (χ4v) is 6.09. The van der Waals surface area contributed by atoms with Crippen LogP contribution in [0.15, 0.2) is 65.7 Å². The molecular formula is C35H45N7O6S. The Balaban J connectivity index is 1.65. The first-order valence-electron chi connectivity index (χ1n) is 16.4. The number of carbonyl (C=O) groups is 5. The standard InChI is InChI=1S/C35H45N7O6S/c1-22(2)31-34(47)39-28(15-17-49-4)33(46)37-23(3)32(45)38-25(18-24-10-6-5-7-11-24)19-42(20-29(43)40-31)30(44)14-16-41-21-36-27-13-9-8-12-26(27)35(41)48/h5-13,21-23,25,28,31H,14-20H2,1-4H3,(H,37,46)(H,38,45)(H,39,47)(H,40,43)/t23-,25+,28-,31-/m0/s1. The van der Waals surface area contributed by atoms with Gasteiger partial charge in [-0.2, -0.15) is 11.8 Å². The Morgan fingerprint density at radius 1 is 0.918 bits per heavy atom.